The third-order valence-corrected chi connectivity index (χ3v) is 5.68. The molecule has 1 fully saturated rings. The number of fused-ring (bicyclic) bond motifs is 1. The van der Waals surface area contributed by atoms with Gasteiger partial charge in [0.05, 0.1) is 11.0 Å². The largest absolute Gasteiger partial charge is 0.323 e. The zero-order chi connectivity index (χ0) is 14.8. The molecule has 114 valence electrons. The lowest BCUT2D eigenvalue weighted by Gasteiger charge is -2.33. The van der Waals surface area contributed by atoms with Gasteiger partial charge in [0.15, 0.2) is 0 Å². The summed E-state index contributed by atoms with van der Waals surface area (Å²) in [6.07, 6.45) is 7.47. The first-order valence-corrected chi connectivity index (χ1v) is 8.97. The Hall–Kier alpha value is -1.20. The van der Waals surface area contributed by atoms with Gasteiger partial charge in [-0.2, -0.15) is 11.8 Å². The van der Waals surface area contributed by atoms with E-state index in [4.69, 9.17) is 0 Å². The molecule has 1 saturated carbocycles. The van der Waals surface area contributed by atoms with E-state index in [0.717, 1.165) is 16.3 Å². The van der Waals surface area contributed by atoms with E-state index in [1.807, 2.05) is 17.8 Å². The average Bonchev–Trinajstić information content (AvgIpc) is 2.86. The standard InChI is InChI=1S/C16H23N3OS/c1-10(17-13-5-3-4-6-15(13)21-2)11-7-8-12-14(9-11)19-16(20)18-12/h7-10,13,15,17H,3-6H2,1-2H3,(H2,18,19,20). The lowest BCUT2D eigenvalue weighted by atomic mass is 9.93. The minimum absolute atomic E-state index is 0.141. The van der Waals surface area contributed by atoms with Gasteiger partial charge in [0.25, 0.3) is 0 Å². The second-order valence-electron chi connectivity index (χ2n) is 5.94. The topological polar surface area (TPSA) is 60.7 Å². The highest BCUT2D eigenvalue weighted by atomic mass is 32.2. The molecule has 0 aliphatic heterocycles. The van der Waals surface area contributed by atoms with Gasteiger partial charge in [-0.25, -0.2) is 4.79 Å². The van der Waals surface area contributed by atoms with Gasteiger partial charge in [-0.3, -0.25) is 0 Å². The van der Waals surface area contributed by atoms with E-state index in [9.17, 15) is 4.79 Å². The van der Waals surface area contributed by atoms with Gasteiger partial charge in [0, 0.05) is 17.3 Å². The molecule has 0 radical (unpaired) electrons. The maximum Gasteiger partial charge on any atom is 0.323 e. The number of thioether (sulfide) groups is 1. The Bertz CT molecular complexity index is 663. The number of hydrogen-bond acceptors (Lipinski definition) is 3. The van der Waals surface area contributed by atoms with E-state index in [1.54, 1.807) is 0 Å². The smallest absolute Gasteiger partial charge is 0.306 e. The lowest BCUT2D eigenvalue weighted by molar-refractivity contribution is 0.356. The molecule has 3 N–H and O–H groups in total. The molecule has 1 aromatic carbocycles. The monoisotopic (exact) mass is 305 g/mol. The number of hydrogen-bond donors (Lipinski definition) is 3. The van der Waals surface area contributed by atoms with Crippen LogP contribution in [0.1, 0.15) is 44.2 Å². The van der Waals surface area contributed by atoms with Crippen molar-refractivity contribution in [2.24, 2.45) is 0 Å². The Kier molecular flexibility index (Phi) is 4.40. The number of rotatable bonds is 4. The van der Waals surface area contributed by atoms with Crippen molar-refractivity contribution in [1.29, 1.82) is 0 Å². The first kappa shape index (κ1) is 14.7. The molecule has 0 saturated heterocycles. The van der Waals surface area contributed by atoms with Crippen LogP contribution in [0.4, 0.5) is 0 Å². The molecule has 2 aromatic rings. The fourth-order valence-electron chi connectivity index (χ4n) is 3.31. The Labute approximate surface area is 129 Å². The van der Waals surface area contributed by atoms with Crippen LogP contribution < -0.4 is 11.0 Å². The second-order valence-corrected chi connectivity index (χ2v) is 7.01. The first-order valence-electron chi connectivity index (χ1n) is 7.68. The molecule has 0 bridgehead atoms. The third-order valence-electron chi connectivity index (χ3n) is 4.51. The van der Waals surface area contributed by atoms with Gasteiger partial charge in [-0.15, -0.1) is 0 Å². The molecule has 4 nitrogen and oxygen atoms in total. The number of nitrogens with one attached hydrogen (secondary N) is 3. The molecule has 0 amide bonds. The van der Waals surface area contributed by atoms with Crippen LogP contribution in [0.3, 0.4) is 0 Å². The highest BCUT2D eigenvalue weighted by Gasteiger charge is 2.25. The summed E-state index contributed by atoms with van der Waals surface area (Å²) in [7, 11) is 0. The SMILES string of the molecule is CSC1CCCCC1NC(C)c1ccc2[nH]c(=O)[nH]c2c1. The van der Waals surface area contributed by atoms with E-state index in [1.165, 1.54) is 31.2 Å². The van der Waals surface area contributed by atoms with Gasteiger partial charge in [0.2, 0.25) is 0 Å². The van der Waals surface area contributed by atoms with Crippen LogP contribution >= 0.6 is 11.8 Å². The summed E-state index contributed by atoms with van der Waals surface area (Å²) >= 11 is 1.98. The molecule has 1 aliphatic rings. The van der Waals surface area contributed by atoms with Crippen molar-refractivity contribution >= 4 is 22.8 Å². The average molecular weight is 305 g/mol. The molecule has 1 aliphatic carbocycles. The molecule has 1 heterocycles. The number of benzene rings is 1. The quantitative estimate of drug-likeness (QED) is 0.813. The summed E-state index contributed by atoms with van der Waals surface area (Å²) in [6.45, 7) is 2.21. The van der Waals surface area contributed by atoms with Crippen molar-refractivity contribution < 1.29 is 0 Å². The highest BCUT2D eigenvalue weighted by Crippen LogP contribution is 2.29. The minimum atomic E-state index is -0.141. The van der Waals surface area contributed by atoms with Crippen molar-refractivity contribution in [3.8, 4) is 0 Å². The number of imidazole rings is 1. The Morgan fingerprint density at radius 2 is 2.00 bits per heavy atom. The third kappa shape index (κ3) is 3.19. The van der Waals surface area contributed by atoms with Crippen LogP contribution in [0.25, 0.3) is 11.0 Å². The van der Waals surface area contributed by atoms with E-state index >= 15 is 0 Å². The fraction of sp³-hybridized carbons (Fsp3) is 0.562. The van der Waals surface area contributed by atoms with E-state index in [2.05, 4.69) is 40.6 Å². The maximum atomic E-state index is 11.3. The van der Waals surface area contributed by atoms with Gasteiger partial charge in [-0.05, 0) is 43.7 Å². The van der Waals surface area contributed by atoms with Crippen LogP contribution in [0.2, 0.25) is 0 Å². The molecule has 1 aromatic heterocycles. The molecule has 5 heteroatoms. The Morgan fingerprint density at radius 1 is 1.24 bits per heavy atom. The number of aromatic amines is 2. The number of aromatic nitrogens is 2. The van der Waals surface area contributed by atoms with Crippen molar-refractivity contribution in [1.82, 2.24) is 15.3 Å². The maximum absolute atomic E-state index is 11.3. The summed E-state index contributed by atoms with van der Waals surface area (Å²) in [5.41, 5.74) is 2.84. The van der Waals surface area contributed by atoms with Crippen molar-refractivity contribution in [3.63, 3.8) is 0 Å². The lowest BCUT2D eigenvalue weighted by Crippen LogP contribution is -2.41. The molecule has 3 atom stereocenters. The first-order chi connectivity index (χ1) is 10.2. The zero-order valence-electron chi connectivity index (χ0n) is 12.6. The summed E-state index contributed by atoms with van der Waals surface area (Å²) in [5, 5.41) is 4.50. The predicted molar refractivity (Wildman–Crippen MR) is 90.0 cm³/mol. The van der Waals surface area contributed by atoms with Crippen LogP contribution in [-0.4, -0.2) is 27.5 Å². The summed E-state index contributed by atoms with van der Waals surface area (Å²) in [4.78, 5) is 17.0. The predicted octanol–water partition coefficient (Wildman–Crippen LogP) is 3.18. The van der Waals surface area contributed by atoms with Crippen LogP contribution in [0.5, 0.6) is 0 Å². The molecular weight excluding hydrogens is 282 g/mol. The van der Waals surface area contributed by atoms with E-state index < -0.39 is 0 Å². The molecular formula is C16H23N3OS. The Morgan fingerprint density at radius 3 is 2.81 bits per heavy atom. The van der Waals surface area contributed by atoms with Crippen LogP contribution in [-0.2, 0) is 0 Å². The summed E-state index contributed by atoms with van der Waals surface area (Å²) in [6, 6.07) is 7.03. The van der Waals surface area contributed by atoms with Crippen molar-refractivity contribution in [2.45, 2.75) is 49.9 Å². The molecule has 3 unspecified atom stereocenters. The normalized spacial score (nSPS) is 24.3. The number of H-pyrrole nitrogens is 2. The summed E-state index contributed by atoms with van der Waals surface area (Å²) < 4.78 is 0. The fourth-order valence-corrected chi connectivity index (χ4v) is 4.25. The minimum Gasteiger partial charge on any atom is -0.306 e. The highest BCUT2D eigenvalue weighted by molar-refractivity contribution is 7.99. The van der Waals surface area contributed by atoms with Crippen LogP contribution in [0.15, 0.2) is 23.0 Å². The van der Waals surface area contributed by atoms with Crippen molar-refractivity contribution in [2.75, 3.05) is 6.26 Å². The summed E-state index contributed by atoms with van der Waals surface area (Å²) in [5.74, 6) is 0. The Balaban J connectivity index is 1.76. The van der Waals surface area contributed by atoms with Gasteiger partial charge in [0.1, 0.15) is 0 Å². The van der Waals surface area contributed by atoms with Gasteiger partial charge in [-0.1, -0.05) is 18.9 Å². The van der Waals surface area contributed by atoms with E-state index in [-0.39, 0.29) is 5.69 Å². The molecule has 3 rings (SSSR count). The van der Waals surface area contributed by atoms with E-state index in [0.29, 0.717) is 12.1 Å². The van der Waals surface area contributed by atoms with Crippen LogP contribution in [0, 0.1) is 0 Å². The second kappa shape index (κ2) is 6.28. The zero-order valence-corrected chi connectivity index (χ0v) is 13.4. The molecule has 21 heavy (non-hydrogen) atoms. The van der Waals surface area contributed by atoms with Gasteiger partial charge < -0.3 is 15.3 Å². The molecule has 0 spiro atoms. The van der Waals surface area contributed by atoms with Crippen molar-refractivity contribution in [3.05, 3.63) is 34.2 Å². The van der Waals surface area contributed by atoms with Gasteiger partial charge >= 0.3 is 5.69 Å².